The molecule has 2 rings (SSSR count). The molecule has 2 unspecified atom stereocenters. The van der Waals surface area contributed by atoms with Crippen molar-refractivity contribution in [1.29, 1.82) is 0 Å². The molecule has 1 amide bonds. The van der Waals surface area contributed by atoms with Gasteiger partial charge in [-0.1, -0.05) is 23.7 Å². The molecule has 1 heterocycles. The Morgan fingerprint density at radius 1 is 1.40 bits per heavy atom. The van der Waals surface area contributed by atoms with Crippen molar-refractivity contribution in [3.05, 3.63) is 34.9 Å². The molecular formula is C15H22Cl2N2O. The molecule has 1 saturated heterocycles. The van der Waals surface area contributed by atoms with Crippen LogP contribution in [0, 0.1) is 0 Å². The van der Waals surface area contributed by atoms with E-state index >= 15 is 0 Å². The number of hydrogen-bond donors (Lipinski definition) is 2. The zero-order valence-corrected chi connectivity index (χ0v) is 13.3. The minimum atomic E-state index is 0. The fourth-order valence-corrected chi connectivity index (χ4v) is 2.60. The minimum Gasteiger partial charge on any atom is -0.353 e. The molecule has 5 heteroatoms. The average Bonchev–Trinajstić information content (AvgIpc) is 2.38. The summed E-state index contributed by atoms with van der Waals surface area (Å²) in [5.41, 5.74) is 1.15. The van der Waals surface area contributed by atoms with Gasteiger partial charge >= 0.3 is 0 Å². The van der Waals surface area contributed by atoms with Gasteiger partial charge in [0.1, 0.15) is 0 Å². The van der Waals surface area contributed by atoms with Crippen LogP contribution in [0.1, 0.15) is 31.7 Å². The van der Waals surface area contributed by atoms with Gasteiger partial charge in [0.2, 0.25) is 5.91 Å². The molecule has 0 aliphatic carbocycles. The lowest BCUT2D eigenvalue weighted by atomic mass is 10.0. The van der Waals surface area contributed by atoms with Crippen molar-refractivity contribution in [3.63, 3.8) is 0 Å². The van der Waals surface area contributed by atoms with Crippen molar-refractivity contribution in [2.45, 2.75) is 44.7 Å². The van der Waals surface area contributed by atoms with Gasteiger partial charge < -0.3 is 10.6 Å². The van der Waals surface area contributed by atoms with E-state index in [0.717, 1.165) is 36.4 Å². The highest BCUT2D eigenvalue weighted by molar-refractivity contribution is 6.30. The Balaban J connectivity index is 0.00000200. The summed E-state index contributed by atoms with van der Waals surface area (Å²) >= 11 is 5.83. The molecule has 2 atom stereocenters. The lowest BCUT2D eigenvalue weighted by Crippen LogP contribution is -2.46. The summed E-state index contributed by atoms with van der Waals surface area (Å²) < 4.78 is 0. The van der Waals surface area contributed by atoms with Gasteiger partial charge in [0.15, 0.2) is 0 Å². The second kappa shape index (κ2) is 8.50. The van der Waals surface area contributed by atoms with Crippen LogP contribution in [0.15, 0.2) is 24.3 Å². The Kier molecular flexibility index (Phi) is 7.35. The Labute approximate surface area is 131 Å². The zero-order chi connectivity index (χ0) is 13.7. The van der Waals surface area contributed by atoms with Crippen molar-refractivity contribution in [1.82, 2.24) is 10.6 Å². The van der Waals surface area contributed by atoms with Crippen molar-refractivity contribution in [2.75, 3.05) is 6.54 Å². The normalized spacial score (nSPS) is 21.9. The standard InChI is InChI=1S/C15H21ClN2O.ClH/c1-11-10-14(8-9-17-11)18-15(19)7-4-12-2-5-13(16)6-3-12;/h2-3,5-6,11,14,17H,4,7-10H2,1H3,(H,18,19);1H. The number of benzene rings is 1. The average molecular weight is 317 g/mol. The molecule has 0 radical (unpaired) electrons. The first-order chi connectivity index (χ1) is 9.13. The summed E-state index contributed by atoms with van der Waals surface area (Å²) in [5.74, 6) is 0.147. The largest absolute Gasteiger partial charge is 0.353 e. The number of piperidine rings is 1. The lowest BCUT2D eigenvalue weighted by Gasteiger charge is -2.28. The third kappa shape index (κ3) is 5.70. The van der Waals surface area contributed by atoms with E-state index in [-0.39, 0.29) is 18.3 Å². The molecule has 1 aromatic carbocycles. The topological polar surface area (TPSA) is 41.1 Å². The highest BCUT2D eigenvalue weighted by Crippen LogP contribution is 2.12. The van der Waals surface area contributed by atoms with E-state index in [9.17, 15) is 4.79 Å². The molecule has 1 aliphatic heterocycles. The van der Waals surface area contributed by atoms with Crippen LogP contribution in [0.2, 0.25) is 5.02 Å². The van der Waals surface area contributed by atoms with Crippen LogP contribution >= 0.6 is 24.0 Å². The second-order valence-corrected chi connectivity index (χ2v) is 5.71. The quantitative estimate of drug-likeness (QED) is 0.896. The Morgan fingerprint density at radius 2 is 2.10 bits per heavy atom. The van der Waals surface area contributed by atoms with E-state index in [1.54, 1.807) is 0 Å². The maximum absolute atomic E-state index is 11.9. The third-order valence-electron chi connectivity index (χ3n) is 3.54. The smallest absolute Gasteiger partial charge is 0.220 e. The van der Waals surface area contributed by atoms with Crippen LogP contribution < -0.4 is 10.6 Å². The van der Waals surface area contributed by atoms with Crippen LogP contribution in [-0.4, -0.2) is 24.5 Å². The van der Waals surface area contributed by atoms with Gasteiger partial charge in [0, 0.05) is 23.5 Å². The molecule has 0 spiro atoms. The molecule has 1 fully saturated rings. The van der Waals surface area contributed by atoms with Gasteiger partial charge in [-0.05, 0) is 50.4 Å². The van der Waals surface area contributed by atoms with Crippen LogP contribution in [0.5, 0.6) is 0 Å². The monoisotopic (exact) mass is 316 g/mol. The van der Waals surface area contributed by atoms with Crippen LogP contribution in [0.4, 0.5) is 0 Å². The maximum Gasteiger partial charge on any atom is 0.220 e. The summed E-state index contributed by atoms with van der Waals surface area (Å²) in [7, 11) is 0. The highest BCUT2D eigenvalue weighted by Gasteiger charge is 2.19. The Bertz CT molecular complexity index is 422. The molecule has 20 heavy (non-hydrogen) atoms. The van der Waals surface area contributed by atoms with E-state index in [2.05, 4.69) is 17.6 Å². The predicted octanol–water partition coefficient (Wildman–Crippen LogP) is 2.95. The number of carbonyl (C=O) groups excluding carboxylic acids is 1. The first-order valence-corrected chi connectivity index (χ1v) is 7.28. The molecule has 3 nitrogen and oxygen atoms in total. The number of aryl methyl sites for hydroxylation is 1. The molecule has 0 saturated carbocycles. The number of rotatable bonds is 4. The highest BCUT2D eigenvalue weighted by atomic mass is 35.5. The molecular weight excluding hydrogens is 295 g/mol. The third-order valence-corrected chi connectivity index (χ3v) is 3.79. The minimum absolute atomic E-state index is 0. The molecule has 1 aromatic rings. The van der Waals surface area contributed by atoms with Gasteiger partial charge in [-0.25, -0.2) is 0 Å². The summed E-state index contributed by atoms with van der Waals surface area (Å²) in [5, 5.41) is 7.24. The van der Waals surface area contributed by atoms with E-state index in [0.29, 0.717) is 18.5 Å². The van der Waals surface area contributed by atoms with E-state index < -0.39 is 0 Å². The molecule has 112 valence electrons. The SMILES string of the molecule is CC1CC(NC(=O)CCc2ccc(Cl)cc2)CCN1.Cl. The lowest BCUT2D eigenvalue weighted by molar-refractivity contribution is -0.122. The van der Waals surface area contributed by atoms with Crippen molar-refractivity contribution in [2.24, 2.45) is 0 Å². The van der Waals surface area contributed by atoms with Crippen molar-refractivity contribution >= 4 is 29.9 Å². The number of halogens is 2. The van der Waals surface area contributed by atoms with E-state index in [1.165, 1.54) is 0 Å². The molecule has 2 N–H and O–H groups in total. The molecule has 0 aromatic heterocycles. The summed E-state index contributed by atoms with van der Waals surface area (Å²) in [4.78, 5) is 11.9. The van der Waals surface area contributed by atoms with Gasteiger partial charge in [-0.2, -0.15) is 0 Å². The van der Waals surface area contributed by atoms with Crippen molar-refractivity contribution < 1.29 is 4.79 Å². The van der Waals surface area contributed by atoms with Gasteiger partial charge in [-0.15, -0.1) is 12.4 Å². The number of carbonyl (C=O) groups is 1. The molecule has 1 aliphatic rings. The fraction of sp³-hybridized carbons (Fsp3) is 0.533. The first kappa shape index (κ1) is 17.3. The summed E-state index contributed by atoms with van der Waals surface area (Å²) in [6, 6.07) is 8.50. The van der Waals surface area contributed by atoms with Gasteiger partial charge in [0.05, 0.1) is 0 Å². The second-order valence-electron chi connectivity index (χ2n) is 5.27. The van der Waals surface area contributed by atoms with E-state index in [1.807, 2.05) is 24.3 Å². The number of amides is 1. The maximum atomic E-state index is 11.9. The number of hydrogen-bond acceptors (Lipinski definition) is 2. The molecule has 0 bridgehead atoms. The van der Waals surface area contributed by atoms with Crippen LogP contribution in [0.25, 0.3) is 0 Å². The van der Waals surface area contributed by atoms with Crippen molar-refractivity contribution in [3.8, 4) is 0 Å². The predicted molar refractivity (Wildman–Crippen MR) is 85.7 cm³/mol. The number of nitrogens with one attached hydrogen (secondary N) is 2. The Morgan fingerprint density at radius 3 is 2.75 bits per heavy atom. The van der Waals surface area contributed by atoms with Gasteiger partial charge in [-0.3, -0.25) is 4.79 Å². The summed E-state index contributed by atoms with van der Waals surface area (Å²) in [6.07, 6.45) is 3.35. The first-order valence-electron chi connectivity index (χ1n) is 6.90. The fourth-order valence-electron chi connectivity index (χ4n) is 2.47. The van der Waals surface area contributed by atoms with Crippen LogP contribution in [-0.2, 0) is 11.2 Å². The zero-order valence-electron chi connectivity index (χ0n) is 11.7. The van der Waals surface area contributed by atoms with Crippen LogP contribution in [0.3, 0.4) is 0 Å². The summed E-state index contributed by atoms with van der Waals surface area (Å²) in [6.45, 7) is 3.15. The van der Waals surface area contributed by atoms with E-state index in [4.69, 9.17) is 11.6 Å². The van der Waals surface area contributed by atoms with Gasteiger partial charge in [0.25, 0.3) is 0 Å². The Hall–Kier alpha value is -0.770.